The van der Waals surface area contributed by atoms with Gasteiger partial charge in [-0.05, 0) is 59.1 Å². The molecule has 0 radical (unpaired) electrons. The number of hydrogen-bond donors (Lipinski definition) is 3. The fourth-order valence-electron chi connectivity index (χ4n) is 3.27. The van der Waals surface area contributed by atoms with E-state index in [1.54, 1.807) is 37.4 Å². The summed E-state index contributed by atoms with van der Waals surface area (Å²) in [5, 5.41) is 23.8. The molecule has 2 aromatic rings. The van der Waals surface area contributed by atoms with Gasteiger partial charge < -0.3 is 25.2 Å². The second kappa shape index (κ2) is 8.71. The molecule has 160 valence electrons. The van der Waals surface area contributed by atoms with Gasteiger partial charge in [-0.2, -0.15) is 0 Å². The fourth-order valence-corrected chi connectivity index (χ4v) is 3.67. The number of benzene rings is 1. The third-order valence-electron chi connectivity index (χ3n) is 5.25. The maximum atomic E-state index is 12.7. The molecular weight excluding hydrogens is 454 g/mol. The van der Waals surface area contributed by atoms with Gasteiger partial charge in [-0.3, -0.25) is 14.6 Å². The van der Waals surface area contributed by atoms with Crippen molar-refractivity contribution in [2.24, 2.45) is 0 Å². The Morgan fingerprint density at radius 1 is 1.33 bits per heavy atom. The Labute approximate surface area is 183 Å². The van der Waals surface area contributed by atoms with Crippen LogP contribution in [0.1, 0.15) is 36.7 Å². The molecule has 1 aromatic heterocycles. The van der Waals surface area contributed by atoms with E-state index in [1.165, 1.54) is 12.0 Å². The van der Waals surface area contributed by atoms with Crippen LogP contribution in [0.3, 0.4) is 0 Å². The molecule has 1 aromatic carbocycles. The molecule has 3 N–H and O–H groups in total. The number of aromatic nitrogens is 1. The Morgan fingerprint density at radius 3 is 2.73 bits per heavy atom. The van der Waals surface area contributed by atoms with E-state index in [0.717, 1.165) is 28.2 Å². The number of fused-ring (bicyclic) bond motifs is 1. The number of amides is 2. The highest BCUT2D eigenvalue weighted by atomic mass is 79.9. The first-order valence-electron chi connectivity index (χ1n) is 9.41. The van der Waals surface area contributed by atoms with Crippen LogP contribution >= 0.6 is 15.9 Å². The number of aliphatic hydroxyl groups is 2. The van der Waals surface area contributed by atoms with E-state index >= 15 is 0 Å². The molecule has 3 unspecified atom stereocenters. The molecule has 0 bridgehead atoms. The highest BCUT2D eigenvalue weighted by Crippen LogP contribution is 2.29. The van der Waals surface area contributed by atoms with Gasteiger partial charge in [0, 0.05) is 12.7 Å². The summed E-state index contributed by atoms with van der Waals surface area (Å²) >= 11 is 3.37. The van der Waals surface area contributed by atoms with E-state index in [1.807, 2.05) is 6.07 Å². The van der Waals surface area contributed by atoms with Crippen LogP contribution < -0.4 is 10.1 Å². The second-order valence-electron chi connectivity index (χ2n) is 7.44. The van der Waals surface area contributed by atoms with E-state index in [2.05, 4.69) is 26.2 Å². The zero-order valence-electron chi connectivity index (χ0n) is 16.9. The summed E-state index contributed by atoms with van der Waals surface area (Å²) in [5.41, 5.74) is 0.0356. The van der Waals surface area contributed by atoms with Crippen LogP contribution in [-0.4, -0.2) is 50.7 Å². The number of methoxy groups -OCH3 is 1. The predicted molar refractivity (Wildman–Crippen MR) is 112 cm³/mol. The van der Waals surface area contributed by atoms with Crippen molar-refractivity contribution in [3.05, 3.63) is 57.8 Å². The number of rotatable bonds is 6. The van der Waals surface area contributed by atoms with Crippen LogP contribution in [-0.2, 0) is 22.7 Å². The monoisotopic (exact) mass is 477 g/mol. The summed E-state index contributed by atoms with van der Waals surface area (Å²) in [6, 6.07) is 8.45. The van der Waals surface area contributed by atoms with Crippen molar-refractivity contribution in [2.45, 2.75) is 44.7 Å². The lowest BCUT2D eigenvalue weighted by atomic mass is 9.95. The molecule has 1 aliphatic rings. The van der Waals surface area contributed by atoms with Crippen LogP contribution in [0.15, 0.2) is 41.0 Å². The minimum Gasteiger partial charge on any atom is -0.496 e. The SMILES string of the molecule is COc1cc(C(C)NC(=O)C(C)(O)C(O)C(=O)N2Cc3cccnc3C2)ccc1Br. The van der Waals surface area contributed by atoms with Crippen LogP contribution in [0.25, 0.3) is 0 Å². The molecule has 1 aliphatic heterocycles. The van der Waals surface area contributed by atoms with E-state index in [4.69, 9.17) is 4.74 Å². The highest BCUT2D eigenvalue weighted by Gasteiger charge is 2.45. The fraction of sp³-hybridized carbons (Fsp3) is 0.381. The van der Waals surface area contributed by atoms with Crippen LogP contribution in [0.5, 0.6) is 5.75 Å². The van der Waals surface area contributed by atoms with Crippen molar-refractivity contribution in [1.29, 1.82) is 0 Å². The van der Waals surface area contributed by atoms with Gasteiger partial charge in [0.25, 0.3) is 11.8 Å². The molecule has 2 amide bonds. The van der Waals surface area contributed by atoms with Gasteiger partial charge in [0.1, 0.15) is 5.75 Å². The number of ether oxygens (including phenoxy) is 1. The van der Waals surface area contributed by atoms with Gasteiger partial charge in [-0.15, -0.1) is 0 Å². The zero-order chi connectivity index (χ0) is 22.1. The number of nitrogens with one attached hydrogen (secondary N) is 1. The normalized spacial score (nSPS) is 16.9. The topological polar surface area (TPSA) is 112 Å². The third-order valence-corrected chi connectivity index (χ3v) is 5.90. The summed E-state index contributed by atoms with van der Waals surface area (Å²) in [4.78, 5) is 31.0. The van der Waals surface area contributed by atoms with Crippen molar-refractivity contribution in [3.63, 3.8) is 0 Å². The quantitative estimate of drug-likeness (QED) is 0.583. The molecule has 3 rings (SSSR count). The first-order chi connectivity index (χ1) is 14.1. The summed E-state index contributed by atoms with van der Waals surface area (Å²) in [6.07, 6.45) is -0.288. The molecule has 3 atom stereocenters. The third kappa shape index (κ3) is 4.33. The minimum atomic E-state index is -2.31. The number of nitrogens with zero attached hydrogens (tertiary/aromatic N) is 2. The predicted octanol–water partition coefficient (Wildman–Crippen LogP) is 1.68. The molecule has 0 saturated carbocycles. The Balaban J connectivity index is 1.68. The van der Waals surface area contributed by atoms with E-state index in [-0.39, 0.29) is 13.1 Å². The van der Waals surface area contributed by atoms with E-state index in [9.17, 15) is 19.8 Å². The lowest BCUT2D eigenvalue weighted by Crippen LogP contribution is -2.58. The molecule has 0 saturated heterocycles. The average Bonchev–Trinajstić information content (AvgIpc) is 3.17. The Morgan fingerprint density at radius 2 is 2.07 bits per heavy atom. The lowest BCUT2D eigenvalue weighted by Gasteiger charge is -2.31. The Bertz CT molecular complexity index is 940. The number of hydrogen-bond acceptors (Lipinski definition) is 6. The van der Waals surface area contributed by atoms with Crippen molar-refractivity contribution >= 4 is 27.7 Å². The molecule has 0 spiro atoms. The maximum Gasteiger partial charge on any atom is 0.255 e. The highest BCUT2D eigenvalue weighted by molar-refractivity contribution is 9.10. The van der Waals surface area contributed by atoms with Crippen molar-refractivity contribution in [3.8, 4) is 5.75 Å². The molecule has 30 heavy (non-hydrogen) atoms. The maximum absolute atomic E-state index is 12.7. The first-order valence-corrected chi connectivity index (χ1v) is 10.2. The summed E-state index contributed by atoms with van der Waals surface area (Å²) in [7, 11) is 1.53. The van der Waals surface area contributed by atoms with Crippen LogP contribution in [0.2, 0.25) is 0 Å². The van der Waals surface area contributed by atoms with Gasteiger partial charge >= 0.3 is 0 Å². The van der Waals surface area contributed by atoms with Crippen molar-refractivity contribution in [2.75, 3.05) is 7.11 Å². The summed E-state index contributed by atoms with van der Waals surface area (Å²) in [5.74, 6) is -0.989. The molecule has 9 heteroatoms. The smallest absolute Gasteiger partial charge is 0.255 e. The largest absolute Gasteiger partial charge is 0.496 e. The molecule has 0 aliphatic carbocycles. The van der Waals surface area contributed by atoms with Gasteiger partial charge in [0.15, 0.2) is 11.7 Å². The zero-order valence-corrected chi connectivity index (χ0v) is 18.5. The summed E-state index contributed by atoms with van der Waals surface area (Å²) < 4.78 is 6.02. The van der Waals surface area contributed by atoms with Gasteiger partial charge in [0.2, 0.25) is 0 Å². The number of carbonyl (C=O) groups excluding carboxylic acids is 2. The molecule has 2 heterocycles. The first kappa shape index (κ1) is 22.2. The van der Waals surface area contributed by atoms with Crippen LogP contribution in [0, 0.1) is 0 Å². The van der Waals surface area contributed by atoms with Gasteiger partial charge in [0.05, 0.1) is 29.9 Å². The van der Waals surface area contributed by atoms with Crippen molar-refractivity contribution in [1.82, 2.24) is 15.2 Å². The van der Waals surface area contributed by atoms with Crippen LogP contribution in [0.4, 0.5) is 0 Å². The summed E-state index contributed by atoms with van der Waals surface area (Å²) in [6.45, 7) is 3.35. The molecule has 8 nitrogen and oxygen atoms in total. The standard InChI is InChI=1S/C21H24BrN3O5/c1-12(13-6-7-15(22)17(9-13)30-3)24-20(28)21(2,29)18(26)19(27)25-10-14-5-4-8-23-16(14)11-25/h4-9,12,18,26,29H,10-11H2,1-3H3,(H,24,28). The molecule has 0 fully saturated rings. The van der Waals surface area contributed by atoms with Gasteiger partial charge in [-0.1, -0.05) is 12.1 Å². The lowest BCUT2D eigenvalue weighted by molar-refractivity contribution is -0.166. The molecular formula is C21H24BrN3O5. The Kier molecular flexibility index (Phi) is 6.44. The average molecular weight is 478 g/mol. The number of halogens is 1. The van der Waals surface area contributed by atoms with E-state index in [0.29, 0.717) is 5.75 Å². The number of aliphatic hydroxyl groups excluding tert-OH is 1. The van der Waals surface area contributed by atoms with Gasteiger partial charge in [-0.25, -0.2) is 0 Å². The minimum absolute atomic E-state index is 0.221. The van der Waals surface area contributed by atoms with E-state index < -0.39 is 29.6 Å². The Hall–Kier alpha value is -2.49. The number of carbonyl (C=O) groups is 2. The van der Waals surface area contributed by atoms with Crippen molar-refractivity contribution < 1.29 is 24.5 Å². The second-order valence-corrected chi connectivity index (χ2v) is 8.30. The number of pyridine rings is 1.